The number of hydrogen-bond acceptors (Lipinski definition) is 7. The van der Waals surface area contributed by atoms with Gasteiger partial charge in [0.15, 0.2) is 0 Å². The fraction of sp³-hybridized carbons (Fsp3) is 0.250. The van der Waals surface area contributed by atoms with Crippen LogP contribution in [0.5, 0.6) is 17.2 Å². The van der Waals surface area contributed by atoms with E-state index in [1.165, 1.54) is 0 Å². The summed E-state index contributed by atoms with van der Waals surface area (Å²) in [5.41, 5.74) is 2.80. The van der Waals surface area contributed by atoms with E-state index >= 15 is 0 Å². The molecule has 0 fully saturated rings. The molecule has 0 spiro atoms. The maximum absolute atomic E-state index is 5.56. The molecular formula is C20H21N5O3. The van der Waals surface area contributed by atoms with Crippen molar-refractivity contribution in [3.05, 3.63) is 59.7 Å². The van der Waals surface area contributed by atoms with Gasteiger partial charge in [0, 0.05) is 11.6 Å². The van der Waals surface area contributed by atoms with Crippen LogP contribution in [0.1, 0.15) is 24.1 Å². The molecule has 1 atom stereocenters. The van der Waals surface area contributed by atoms with Gasteiger partial charge in [-0.2, -0.15) is 4.68 Å². The maximum atomic E-state index is 5.56. The molecule has 3 aromatic rings. The maximum Gasteiger partial charge on any atom is 0.248 e. The van der Waals surface area contributed by atoms with E-state index in [1.807, 2.05) is 49.4 Å². The van der Waals surface area contributed by atoms with Gasteiger partial charge in [-0.25, -0.2) is 0 Å². The van der Waals surface area contributed by atoms with E-state index in [9.17, 15) is 0 Å². The molecule has 28 heavy (non-hydrogen) atoms. The number of tetrazole rings is 1. The van der Waals surface area contributed by atoms with Gasteiger partial charge in [-0.3, -0.25) is 0 Å². The van der Waals surface area contributed by atoms with E-state index < -0.39 is 0 Å². The topological polar surface area (TPSA) is 83.3 Å². The van der Waals surface area contributed by atoms with E-state index in [0.717, 1.165) is 28.3 Å². The first-order valence-electron chi connectivity index (χ1n) is 8.95. The van der Waals surface area contributed by atoms with Crippen LogP contribution in [0.15, 0.2) is 48.5 Å². The first-order chi connectivity index (χ1) is 13.7. The molecule has 4 rings (SSSR count). The summed E-state index contributed by atoms with van der Waals surface area (Å²) < 4.78 is 18.1. The monoisotopic (exact) mass is 379 g/mol. The lowest BCUT2D eigenvalue weighted by molar-refractivity contribution is 0.340. The zero-order chi connectivity index (χ0) is 19.5. The minimum absolute atomic E-state index is 0.163. The highest BCUT2D eigenvalue weighted by Gasteiger charge is 2.25. The van der Waals surface area contributed by atoms with Crippen LogP contribution in [-0.4, -0.2) is 41.0 Å². The van der Waals surface area contributed by atoms with Crippen molar-refractivity contribution < 1.29 is 14.2 Å². The van der Waals surface area contributed by atoms with E-state index in [4.69, 9.17) is 14.2 Å². The predicted molar refractivity (Wildman–Crippen MR) is 105 cm³/mol. The van der Waals surface area contributed by atoms with Gasteiger partial charge >= 0.3 is 0 Å². The molecule has 8 heteroatoms. The molecule has 2 aromatic carbocycles. The molecule has 0 amide bonds. The highest BCUT2D eigenvalue weighted by Crippen LogP contribution is 2.36. The average Bonchev–Trinajstić information content (AvgIpc) is 3.22. The molecule has 0 saturated carbocycles. The summed E-state index contributed by atoms with van der Waals surface area (Å²) in [6, 6.07) is 13.5. The van der Waals surface area contributed by atoms with Crippen molar-refractivity contribution >= 4 is 11.6 Å². The molecule has 0 aliphatic carbocycles. The third-order valence-corrected chi connectivity index (χ3v) is 4.56. The number of aromatic nitrogens is 4. The Morgan fingerprint density at radius 2 is 1.82 bits per heavy atom. The normalized spacial score (nSPS) is 15.2. The van der Waals surface area contributed by atoms with Gasteiger partial charge in [-0.1, -0.05) is 17.2 Å². The van der Waals surface area contributed by atoms with E-state index in [2.05, 4.69) is 26.9 Å². The molecule has 8 nitrogen and oxygen atoms in total. The zero-order valence-corrected chi connectivity index (χ0v) is 15.9. The second kappa shape index (κ2) is 7.59. The Hall–Kier alpha value is -3.55. The minimum atomic E-state index is -0.163. The largest absolute Gasteiger partial charge is 0.497 e. The molecule has 1 N–H and O–H groups in total. The molecule has 144 valence electrons. The van der Waals surface area contributed by atoms with Gasteiger partial charge in [0.05, 0.1) is 26.5 Å². The van der Waals surface area contributed by atoms with Crippen LogP contribution in [-0.2, 0) is 0 Å². The Balaban J connectivity index is 1.75. The molecule has 0 radical (unpaired) electrons. The SMILES string of the molecule is CCOc1ccc([C@@H]2C=C(c3ccc(OC)cc3OC)Nc3nnnn32)cc1. The van der Waals surface area contributed by atoms with Crippen LogP contribution in [0.3, 0.4) is 0 Å². The number of methoxy groups -OCH3 is 2. The molecular weight excluding hydrogens is 358 g/mol. The van der Waals surface area contributed by atoms with Crippen molar-refractivity contribution in [2.24, 2.45) is 0 Å². The summed E-state index contributed by atoms with van der Waals surface area (Å²) in [5, 5.41) is 15.3. The number of anilines is 1. The van der Waals surface area contributed by atoms with Gasteiger partial charge in [0.2, 0.25) is 5.95 Å². The number of fused-ring (bicyclic) bond motifs is 1. The van der Waals surface area contributed by atoms with E-state index in [0.29, 0.717) is 18.3 Å². The number of rotatable bonds is 6. The summed E-state index contributed by atoms with van der Waals surface area (Å²) in [7, 11) is 3.26. The van der Waals surface area contributed by atoms with E-state index in [1.54, 1.807) is 18.9 Å². The Bertz CT molecular complexity index is 997. The summed E-state index contributed by atoms with van der Waals surface area (Å²) in [6.45, 7) is 2.59. The molecule has 1 aromatic heterocycles. The van der Waals surface area contributed by atoms with E-state index in [-0.39, 0.29) is 6.04 Å². The van der Waals surface area contributed by atoms with Crippen molar-refractivity contribution in [3.63, 3.8) is 0 Å². The summed E-state index contributed by atoms with van der Waals surface area (Å²) in [5.74, 6) is 2.82. The van der Waals surface area contributed by atoms with Crippen molar-refractivity contribution in [1.29, 1.82) is 0 Å². The lowest BCUT2D eigenvalue weighted by Crippen LogP contribution is -2.20. The third kappa shape index (κ3) is 3.24. The standard InChI is InChI=1S/C20H21N5O3/c1-4-28-14-7-5-13(6-8-14)18-12-17(21-20-22-23-24-25(18)20)16-10-9-15(26-2)11-19(16)27-3/h5-12,18H,4H2,1-3H3,(H,21,22,24)/t18-/m0/s1. The second-order valence-corrected chi connectivity index (χ2v) is 6.17. The summed E-state index contributed by atoms with van der Waals surface area (Å²) in [4.78, 5) is 0. The number of hydrogen-bond donors (Lipinski definition) is 1. The van der Waals surface area contributed by atoms with Gasteiger partial charge < -0.3 is 19.5 Å². The molecule has 0 saturated heterocycles. The average molecular weight is 379 g/mol. The fourth-order valence-corrected chi connectivity index (χ4v) is 3.20. The number of nitrogens with zero attached hydrogens (tertiary/aromatic N) is 4. The number of ether oxygens (including phenoxy) is 3. The first kappa shape index (κ1) is 17.8. The van der Waals surface area contributed by atoms with Crippen molar-refractivity contribution in [2.75, 3.05) is 26.1 Å². The van der Waals surface area contributed by atoms with Crippen LogP contribution in [0.25, 0.3) is 5.70 Å². The fourth-order valence-electron chi connectivity index (χ4n) is 3.20. The number of nitrogens with one attached hydrogen (secondary N) is 1. The molecule has 2 heterocycles. The number of benzene rings is 2. The predicted octanol–water partition coefficient (Wildman–Crippen LogP) is 3.15. The number of allylic oxidation sites excluding steroid dienone is 1. The Labute approximate surface area is 162 Å². The quantitative estimate of drug-likeness (QED) is 0.704. The van der Waals surface area contributed by atoms with Gasteiger partial charge in [0.25, 0.3) is 0 Å². The Morgan fingerprint density at radius 3 is 2.54 bits per heavy atom. The highest BCUT2D eigenvalue weighted by atomic mass is 16.5. The highest BCUT2D eigenvalue weighted by molar-refractivity contribution is 5.80. The zero-order valence-electron chi connectivity index (χ0n) is 15.9. The van der Waals surface area contributed by atoms with Crippen LogP contribution in [0.4, 0.5) is 5.95 Å². The first-order valence-corrected chi connectivity index (χ1v) is 8.95. The molecule has 0 unspecified atom stereocenters. The Morgan fingerprint density at radius 1 is 1.04 bits per heavy atom. The smallest absolute Gasteiger partial charge is 0.248 e. The van der Waals surface area contributed by atoms with Gasteiger partial charge in [-0.15, -0.1) is 0 Å². The molecule has 1 aliphatic heterocycles. The summed E-state index contributed by atoms with van der Waals surface area (Å²) in [6.07, 6.45) is 2.07. The molecule has 0 bridgehead atoms. The van der Waals surface area contributed by atoms with Crippen molar-refractivity contribution in [3.8, 4) is 17.2 Å². The van der Waals surface area contributed by atoms with Crippen LogP contribution >= 0.6 is 0 Å². The summed E-state index contributed by atoms with van der Waals surface area (Å²) >= 11 is 0. The lowest BCUT2D eigenvalue weighted by atomic mass is 10.0. The van der Waals surface area contributed by atoms with Crippen molar-refractivity contribution in [1.82, 2.24) is 20.2 Å². The molecule has 1 aliphatic rings. The van der Waals surface area contributed by atoms with Gasteiger partial charge in [-0.05, 0) is 53.3 Å². The van der Waals surface area contributed by atoms with Crippen LogP contribution < -0.4 is 19.5 Å². The second-order valence-electron chi connectivity index (χ2n) is 6.17. The lowest BCUT2D eigenvalue weighted by Gasteiger charge is -2.24. The van der Waals surface area contributed by atoms with Crippen LogP contribution in [0.2, 0.25) is 0 Å². The Kier molecular flexibility index (Phi) is 4.84. The third-order valence-electron chi connectivity index (χ3n) is 4.56. The minimum Gasteiger partial charge on any atom is -0.497 e. The van der Waals surface area contributed by atoms with Gasteiger partial charge in [0.1, 0.15) is 23.3 Å². The van der Waals surface area contributed by atoms with Crippen molar-refractivity contribution in [2.45, 2.75) is 13.0 Å². The van der Waals surface area contributed by atoms with Crippen LogP contribution in [0, 0.1) is 0 Å².